The second-order valence-corrected chi connectivity index (χ2v) is 7.65. The summed E-state index contributed by atoms with van der Waals surface area (Å²) in [5, 5.41) is 0. The molecule has 1 saturated heterocycles. The molecule has 0 unspecified atom stereocenters. The van der Waals surface area contributed by atoms with Gasteiger partial charge in [-0.2, -0.15) is 0 Å². The summed E-state index contributed by atoms with van der Waals surface area (Å²) in [7, 11) is 0. The van der Waals surface area contributed by atoms with Gasteiger partial charge in [0, 0.05) is 6.42 Å². The molecule has 3 rings (SSSR count). The van der Waals surface area contributed by atoms with Crippen molar-refractivity contribution in [2.45, 2.75) is 44.9 Å². The first-order valence-electron chi connectivity index (χ1n) is 9.12. The molecule has 2 aromatic carbocycles. The SMILES string of the molecule is CC(C)(C)OC(=O)N1[C@H](Cc2ccccc2)C(=O)OC[C@H]1c1ccccc1. The van der Waals surface area contributed by atoms with Crippen molar-refractivity contribution in [3.8, 4) is 0 Å². The number of esters is 1. The Bertz CT molecular complexity index is 783. The molecular weight excluding hydrogens is 342 g/mol. The highest BCUT2D eigenvalue weighted by molar-refractivity contribution is 5.83. The lowest BCUT2D eigenvalue weighted by Crippen LogP contribution is -2.55. The van der Waals surface area contributed by atoms with Gasteiger partial charge in [0.1, 0.15) is 18.2 Å². The van der Waals surface area contributed by atoms with Gasteiger partial charge in [-0.1, -0.05) is 60.7 Å². The van der Waals surface area contributed by atoms with Gasteiger partial charge >= 0.3 is 12.1 Å². The second kappa shape index (κ2) is 7.82. The molecule has 27 heavy (non-hydrogen) atoms. The van der Waals surface area contributed by atoms with E-state index >= 15 is 0 Å². The molecule has 2 atom stereocenters. The molecule has 0 spiro atoms. The van der Waals surface area contributed by atoms with E-state index in [1.54, 1.807) is 4.90 Å². The second-order valence-electron chi connectivity index (χ2n) is 7.65. The van der Waals surface area contributed by atoms with Crippen LogP contribution >= 0.6 is 0 Å². The summed E-state index contributed by atoms with van der Waals surface area (Å²) < 4.78 is 11.1. The first-order chi connectivity index (χ1) is 12.8. The summed E-state index contributed by atoms with van der Waals surface area (Å²) in [4.78, 5) is 27.2. The van der Waals surface area contributed by atoms with Crippen molar-refractivity contribution in [1.29, 1.82) is 0 Å². The molecule has 5 heteroatoms. The van der Waals surface area contributed by atoms with E-state index in [-0.39, 0.29) is 12.6 Å². The fourth-order valence-electron chi connectivity index (χ4n) is 3.19. The third kappa shape index (κ3) is 4.67. The van der Waals surface area contributed by atoms with Gasteiger partial charge < -0.3 is 9.47 Å². The van der Waals surface area contributed by atoms with Crippen molar-refractivity contribution in [2.75, 3.05) is 6.61 Å². The van der Waals surface area contributed by atoms with E-state index in [2.05, 4.69) is 0 Å². The Labute approximate surface area is 159 Å². The minimum absolute atomic E-state index is 0.118. The van der Waals surface area contributed by atoms with Crippen molar-refractivity contribution >= 4 is 12.1 Å². The Kier molecular flexibility index (Phi) is 5.49. The molecule has 2 aromatic rings. The van der Waals surface area contributed by atoms with Gasteiger partial charge in [-0.15, -0.1) is 0 Å². The van der Waals surface area contributed by atoms with Crippen molar-refractivity contribution in [2.24, 2.45) is 0 Å². The summed E-state index contributed by atoms with van der Waals surface area (Å²) in [6, 6.07) is 18.1. The van der Waals surface area contributed by atoms with Crippen LogP contribution in [0.25, 0.3) is 0 Å². The zero-order chi connectivity index (χ0) is 19.4. The van der Waals surface area contributed by atoms with Gasteiger partial charge in [0.25, 0.3) is 0 Å². The average Bonchev–Trinajstić information content (AvgIpc) is 2.63. The van der Waals surface area contributed by atoms with Crippen molar-refractivity contribution < 1.29 is 19.1 Å². The molecule has 0 N–H and O–H groups in total. The maximum Gasteiger partial charge on any atom is 0.411 e. The van der Waals surface area contributed by atoms with Gasteiger partial charge in [-0.25, -0.2) is 9.59 Å². The Morgan fingerprint density at radius 1 is 1.07 bits per heavy atom. The van der Waals surface area contributed by atoms with Crippen LogP contribution in [0.2, 0.25) is 0 Å². The molecule has 0 aliphatic carbocycles. The zero-order valence-electron chi connectivity index (χ0n) is 15.9. The minimum atomic E-state index is -0.735. The number of carbonyl (C=O) groups is 2. The maximum absolute atomic E-state index is 13.0. The van der Waals surface area contributed by atoms with Crippen LogP contribution < -0.4 is 0 Å². The van der Waals surface area contributed by atoms with Crippen LogP contribution in [0.5, 0.6) is 0 Å². The zero-order valence-corrected chi connectivity index (χ0v) is 15.9. The Balaban J connectivity index is 1.96. The molecular formula is C22H25NO4. The van der Waals surface area contributed by atoms with Crippen LogP contribution in [0.15, 0.2) is 60.7 Å². The standard InChI is InChI=1S/C22H25NO4/c1-22(2,3)27-21(25)23-18(14-16-10-6-4-7-11-16)20(24)26-15-19(23)17-12-8-5-9-13-17/h4-13,18-19H,14-15H2,1-3H3/t18-,19+/m1/s1. The molecule has 0 radical (unpaired) electrons. The quantitative estimate of drug-likeness (QED) is 0.766. The lowest BCUT2D eigenvalue weighted by molar-refractivity contribution is -0.161. The normalized spacial score (nSPS) is 20.1. The maximum atomic E-state index is 13.0. The van der Waals surface area contributed by atoms with Crippen molar-refractivity contribution in [3.63, 3.8) is 0 Å². The Morgan fingerprint density at radius 3 is 2.26 bits per heavy atom. The molecule has 1 aliphatic heterocycles. The summed E-state index contributed by atoms with van der Waals surface area (Å²) in [6.07, 6.45) is -0.128. The van der Waals surface area contributed by atoms with Gasteiger partial charge in [-0.3, -0.25) is 4.90 Å². The number of hydrogen-bond donors (Lipinski definition) is 0. The highest BCUT2D eigenvalue weighted by Crippen LogP contribution is 2.31. The van der Waals surface area contributed by atoms with Gasteiger partial charge in [0.2, 0.25) is 0 Å². The van der Waals surface area contributed by atoms with Gasteiger partial charge in [-0.05, 0) is 31.9 Å². The van der Waals surface area contributed by atoms with E-state index in [1.807, 2.05) is 81.4 Å². The number of benzene rings is 2. The molecule has 1 amide bonds. The van der Waals surface area contributed by atoms with E-state index in [0.29, 0.717) is 6.42 Å². The summed E-state index contributed by atoms with van der Waals surface area (Å²) in [5.74, 6) is -0.406. The number of hydrogen-bond acceptors (Lipinski definition) is 4. The third-order valence-corrected chi connectivity index (χ3v) is 4.39. The highest BCUT2D eigenvalue weighted by Gasteiger charge is 2.43. The fraction of sp³-hybridized carbons (Fsp3) is 0.364. The van der Waals surface area contributed by atoms with E-state index in [1.165, 1.54) is 0 Å². The minimum Gasteiger partial charge on any atom is -0.462 e. The topological polar surface area (TPSA) is 55.8 Å². The van der Waals surface area contributed by atoms with Crippen LogP contribution in [0, 0.1) is 0 Å². The van der Waals surface area contributed by atoms with Crippen LogP contribution in [-0.4, -0.2) is 35.2 Å². The van der Waals surface area contributed by atoms with E-state index in [4.69, 9.17) is 9.47 Å². The number of rotatable bonds is 3. The Morgan fingerprint density at radius 2 is 1.67 bits per heavy atom. The van der Waals surface area contributed by atoms with Crippen LogP contribution in [0.3, 0.4) is 0 Å². The molecule has 1 fully saturated rings. The average molecular weight is 367 g/mol. The van der Waals surface area contributed by atoms with Gasteiger partial charge in [0.15, 0.2) is 0 Å². The Hall–Kier alpha value is -2.82. The molecule has 5 nitrogen and oxygen atoms in total. The number of cyclic esters (lactones) is 1. The number of nitrogens with zero attached hydrogens (tertiary/aromatic N) is 1. The summed E-state index contributed by atoms with van der Waals surface area (Å²) in [5.41, 5.74) is 1.22. The van der Waals surface area contributed by atoms with Crippen LogP contribution in [-0.2, 0) is 20.7 Å². The number of amides is 1. The smallest absolute Gasteiger partial charge is 0.411 e. The first-order valence-corrected chi connectivity index (χ1v) is 9.12. The monoisotopic (exact) mass is 367 g/mol. The van der Waals surface area contributed by atoms with Crippen molar-refractivity contribution in [1.82, 2.24) is 4.90 Å². The number of carbonyl (C=O) groups excluding carboxylic acids is 2. The molecule has 142 valence electrons. The highest BCUT2D eigenvalue weighted by atomic mass is 16.6. The summed E-state index contributed by atoms with van der Waals surface area (Å²) in [6.45, 7) is 5.57. The molecule has 1 heterocycles. The number of morpholine rings is 1. The predicted octanol–water partition coefficient (Wildman–Crippen LogP) is 4.13. The number of ether oxygens (including phenoxy) is 2. The van der Waals surface area contributed by atoms with Crippen LogP contribution in [0.1, 0.15) is 37.9 Å². The van der Waals surface area contributed by atoms with E-state index in [0.717, 1.165) is 11.1 Å². The molecule has 1 aliphatic rings. The fourth-order valence-corrected chi connectivity index (χ4v) is 3.19. The molecule has 0 bridgehead atoms. The van der Waals surface area contributed by atoms with E-state index < -0.39 is 23.7 Å². The van der Waals surface area contributed by atoms with Crippen LogP contribution in [0.4, 0.5) is 4.79 Å². The lowest BCUT2D eigenvalue weighted by atomic mass is 9.98. The molecule has 0 saturated carbocycles. The lowest BCUT2D eigenvalue weighted by Gasteiger charge is -2.41. The summed E-state index contributed by atoms with van der Waals surface area (Å²) >= 11 is 0. The third-order valence-electron chi connectivity index (χ3n) is 4.39. The van der Waals surface area contributed by atoms with E-state index in [9.17, 15) is 9.59 Å². The largest absolute Gasteiger partial charge is 0.462 e. The van der Waals surface area contributed by atoms with Crippen molar-refractivity contribution in [3.05, 3.63) is 71.8 Å². The van der Waals surface area contributed by atoms with Gasteiger partial charge in [0.05, 0.1) is 6.04 Å². The first kappa shape index (κ1) is 19.0. The molecule has 0 aromatic heterocycles. The predicted molar refractivity (Wildman–Crippen MR) is 102 cm³/mol.